The minimum atomic E-state index is -0.236. The predicted molar refractivity (Wildman–Crippen MR) is 89.2 cm³/mol. The van der Waals surface area contributed by atoms with E-state index in [1.165, 1.54) is 6.20 Å². The maximum atomic E-state index is 12.5. The number of anilines is 1. The highest BCUT2D eigenvalue weighted by Crippen LogP contribution is 2.33. The predicted octanol–water partition coefficient (Wildman–Crippen LogP) is 2.63. The fourth-order valence-electron chi connectivity index (χ4n) is 3.05. The Hall–Kier alpha value is -1.92. The van der Waals surface area contributed by atoms with Gasteiger partial charge >= 0.3 is 0 Å². The van der Waals surface area contributed by atoms with Gasteiger partial charge < -0.3 is 5.32 Å². The molecule has 0 bridgehead atoms. The highest BCUT2D eigenvalue weighted by molar-refractivity contribution is 6.30. The first-order valence-electron chi connectivity index (χ1n) is 7.71. The Morgan fingerprint density at radius 3 is 2.91 bits per heavy atom. The molecule has 1 saturated heterocycles. The van der Waals surface area contributed by atoms with E-state index in [9.17, 15) is 4.79 Å². The van der Waals surface area contributed by atoms with Crippen molar-refractivity contribution >= 4 is 23.3 Å². The van der Waals surface area contributed by atoms with Crippen molar-refractivity contribution in [3.63, 3.8) is 0 Å². The van der Waals surface area contributed by atoms with Crippen molar-refractivity contribution in [2.75, 3.05) is 11.9 Å². The van der Waals surface area contributed by atoms with Gasteiger partial charge in [-0.3, -0.25) is 14.4 Å². The van der Waals surface area contributed by atoms with Gasteiger partial charge in [-0.1, -0.05) is 11.6 Å². The monoisotopic (exact) mass is 333 g/mol. The summed E-state index contributed by atoms with van der Waals surface area (Å²) in [6.07, 6.45) is 7.55. The van der Waals surface area contributed by atoms with Crippen LogP contribution in [0.15, 0.2) is 30.7 Å². The van der Waals surface area contributed by atoms with Crippen molar-refractivity contribution in [1.29, 1.82) is 0 Å². The zero-order valence-corrected chi connectivity index (χ0v) is 14.0. The second kappa shape index (κ2) is 6.68. The molecule has 23 heavy (non-hydrogen) atoms. The summed E-state index contributed by atoms with van der Waals surface area (Å²) in [6, 6.07) is 3.42. The molecule has 3 heterocycles. The summed E-state index contributed by atoms with van der Waals surface area (Å²) in [4.78, 5) is 18.9. The summed E-state index contributed by atoms with van der Waals surface area (Å²) in [5.74, 6) is 0.457. The van der Waals surface area contributed by atoms with E-state index in [0.717, 1.165) is 24.9 Å². The average Bonchev–Trinajstić information content (AvgIpc) is 3.17. The molecule has 0 saturated carbocycles. The second-order valence-electron chi connectivity index (χ2n) is 5.87. The lowest BCUT2D eigenvalue weighted by molar-refractivity contribution is -0.121. The number of rotatable bonds is 4. The summed E-state index contributed by atoms with van der Waals surface area (Å²) >= 11 is 5.81. The summed E-state index contributed by atoms with van der Waals surface area (Å²) in [5, 5.41) is 7.64. The van der Waals surface area contributed by atoms with E-state index >= 15 is 0 Å². The molecule has 2 unspecified atom stereocenters. The lowest BCUT2D eigenvalue weighted by atomic mass is 10.1. The molecule has 2 aromatic rings. The highest BCUT2D eigenvalue weighted by Gasteiger charge is 2.33. The Bertz CT molecular complexity index is 684. The van der Waals surface area contributed by atoms with Gasteiger partial charge in [0.05, 0.1) is 17.3 Å². The van der Waals surface area contributed by atoms with Gasteiger partial charge in [0.1, 0.15) is 5.82 Å². The van der Waals surface area contributed by atoms with E-state index in [1.54, 1.807) is 16.8 Å². The van der Waals surface area contributed by atoms with Gasteiger partial charge in [-0.05, 0) is 38.4 Å². The minimum Gasteiger partial charge on any atom is -0.309 e. The minimum absolute atomic E-state index is 0.0596. The average molecular weight is 334 g/mol. The molecule has 3 rings (SSSR count). The van der Waals surface area contributed by atoms with Crippen LogP contribution in [-0.2, 0) is 11.8 Å². The van der Waals surface area contributed by atoms with E-state index in [0.29, 0.717) is 10.8 Å². The number of nitrogens with one attached hydrogen (secondary N) is 1. The molecule has 1 aliphatic heterocycles. The molecule has 6 nitrogen and oxygen atoms in total. The SMILES string of the molecule is CC(C(=O)Nc1ccc(Cl)cn1)N1CCCC1c1cnn(C)c1. The number of aromatic nitrogens is 3. The normalized spacial score (nSPS) is 19.7. The molecular formula is C16H20ClN5O. The van der Waals surface area contributed by atoms with Crippen molar-refractivity contribution < 1.29 is 4.79 Å². The van der Waals surface area contributed by atoms with Crippen LogP contribution in [0.5, 0.6) is 0 Å². The maximum Gasteiger partial charge on any atom is 0.242 e. The third-order valence-corrected chi connectivity index (χ3v) is 4.48. The van der Waals surface area contributed by atoms with Crippen molar-refractivity contribution in [2.24, 2.45) is 7.05 Å². The van der Waals surface area contributed by atoms with Crippen LogP contribution in [-0.4, -0.2) is 38.2 Å². The van der Waals surface area contributed by atoms with Crippen molar-refractivity contribution in [3.8, 4) is 0 Å². The van der Waals surface area contributed by atoms with Crippen LogP contribution < -0.4 is 5.32 Å². The molecule has 1 amide bonds. The molecule has 2 atom stereocenters. The Morgan fingerprint density at radius 2 is 2.26 bits per heavy atom. The van der Waals surface area contributed by atoms with Crippen molar-refractivity contribution in [2.45, 2.75) is 31.8 Å². The van der Waals surface area contributed by atoms with Crippen LogP contribution in [0.3, 0.4) is 0 Å². The van der Waals surface area contributed by atoms with E-state index in [-0.39, 0.29) is 18.0 Å². The molecule has 1 aliphatic rings. The van der Waals surface area contributed by atoms with Crippen LogP contribution in [0, 0.1) is 0 Å². The third kappa shape index (κ3) is 3.54. The molecule has 0 aromatic carbocycles. The number of carbonyl (C=O) groups is 1. The van der Waals surface area contributed by atoms with Gasteiger partial charge in [-0.15, -0.1) is 0 Å². The molecule has 122 valence electrons. The van der Waals surface area contributed by atoms with Crippen LogP contribution in [0.25, 0.3) is 0 Å². The summed E-state index contributed by atoms with van der Waals surface area (Å²) < 4.78 is 1.80. The number of likely N-dealkylation sites (tertiary alicyclic amines) is 1. The Kier molecular flexibility index (Phi) is 4.63. The summed E-state index contributed by atoms with van der Waals surface area (Å²) in [7, 11) is 1.91. The first kappa shape index (κ1) is 16.0. The molecule has 0 radical (unpaired) electrons. The molecule has 1 N–H and O–H groups in total. The van der Waals surface area contributed by atoms with Crippen molar-refractivity contribution in [3.05, 3.63) is 41.3 Å². The van der Waals surface area contributed by atoms with Crippen LogP contribution in [0.1, 0.15) is 31.4 Å². The zero-order chi connectivity index (χ0) is 16.4. The fraction of sp³-hybridized carbons (Fsp3) is 0.438. The second-order valence-corrected chi connectivity index (χ2v) is 6.31. The molecule has 1 fully saturated rings. The molecule has 7 heteroatoms. The smallest absolute Gasteiger partial charge is 0.242 e. The van der Waals surface area contributed by atoms with E-state index in [2.05, 4.69) is 20.3 Å². The molecular weight excluding hydrogens is 314 g/mol. The first-order valence-corrected chi connectivity index (χ1v) is 8.09. The number of hydrogen-bond donors (Lipinski definition) is 1. The van der Waals surface area contributed by atoms with Crippen LogP contribution >= 0.6 is 11.6 Å². The molecule has 2 aromatic heterocycles. The molecule has 0 spiro atoms. The standard InChI is InChI=1S/C16H20ClN5O/c1-11(16(23)20-15-6-5-13(17)9-18-15)22-7-3-4-14(22)12-8-19-21(2)10-12/h5-6,8-11,14H,3-4,7H2,1-2H3,(H,18,20,23). The highest BCUT2D eigenvalue weighted by atomic mass is 35.5. The van der Waals surface area contributed by atoms with E-state index in [1.807, 2.05) is 26.4 Å². The van der Waals surface area contributed by atoms with Gasteiger partial charge in [0, 0.05) is 31.0 Å². The van der Waals surface area contributed by atoms with Gasteiger partial charge in [-0.25, -0.2) is 4.98 Å². The Labute approximate surface area is 140 Å². The zero-order valence-electron chi connectivity index (χ0n) is 13.2. The topological polar surface area (TPSA) is 63.1 Å². The molecule has 0 aliphatic carbocycles. The number of hydrogen-bond acceptors (Lipinski definition) is 4. The van der Waals surface area contributed by atoms with E-state index in [4.69, 9.17) is 11.6 Å². The third-order valence-electron chi connectivity index (χ3n) is 4.26. The van der Waals surface area contributed by atoms with Gasteiger partial charge in [0.15, 0.2) is 0 Å². The largest absolute Gasteiger partial charge is 0.309 e. The summed E-state index contributed by atoms with van der Waals surface area (Å²) in [6.45, 7) is 2.84. The van der Waals surface area contributed by atoms with Crippen molar-refractivity contribution in [1.82, 2.24) is 19.7 Å². The first-order chi connectivity index (χ1) is 11.0. The van der Waals surface area contributed by atoms with Crippen LogP contribution in [0.4, 0.5) is 5.82 Å². The number of carbonyl (C=O) groups excluding carboxylic acids is 1. The Balaban J connectivity index is 1.69. The number of aryl methyl sites for hydroxylation is 1. The number of halogens is 1. The number of pyridine rings is 1. The quantitative estimate of drug-likeness (QED) is 0.934. The van der Waals surface area contributed by atoms with Gasteiger partial charge in [0.2, 0.25) is 5.91 Å². The Morgan fingerprint density at radius 1 is 1.43 bits per heavy atom. The fourth-order valence-corrected chi connectivity index (χ4v) is 3.17. The van der Waals surface area contributed by atoms with Gasteiger partial charge in [0.25, 0.3) is 0 Å². The van der Waals surface area contributed by atoms with Crippen LogP contribution in [0.2, 0.25) is 5.02 Å². The van der Waals surface area contributed by atoms with E-state index < -0.39 is 0 Å². The summed E-state index contributed by atoms with van der Waals surface area (Å²) in [5.41, 5.74) is 1.16. The van der Waals surface area contributed by atoms with Gasteiger partial charge in [-0.2, -0.15) is 5.10 Å². The number of nitrogens with zero attached hydrogens (tertiary/aromatic N) is 4. The lowest BCUT2D eigenvalue weighted by Gasteiger charge is -2.29. The number of amides is 1. The lowest BCUT2D eigenvalue weighted by Crippen LogP contribution is -2.41. The maximum absolute atomic E-state index is 12.5.